The second-order valence-electron chi connectivity index (χ2n) is 3.11. The van der Waals surface area contributed by atoms with E-state index in [1.807, 2.05) is 47.0 Å². The smallest absolute Gasteiger partial charge is 0.0356 e. The largest absolute Gasteiger partial charge is 0.124 e. The standard InChI is InChI=1S/C10H10S4/c1-2-8-10(14-6-4-12-8)9-7(1)11-3-5-13-9/h1-2H,3-6H2. The highest BCUT2D eigenvalue weighted by Crippen LogP contribution is 2.48. The van der Waals surface area contributed by atoms with Gasteiger partial charge in [0.2, 0.25) is 0 Å². The molecule has 2 aliphatic rings. The molecule has 0 aromatic heterocycles. The lowest BCUT2D eigenvalue weighted by Crippen LogP contribution is -2.00. The lowest BCUT2D eigenvalue weighted by atomic mass is 10.3. The molecule has 1 aromatic carbocycles. The SMILES string of the molecule is c1cc2c(c3c1SCCS3)SCCS2. The third-order valence-corrected chi connectivity index (χ3v) is 7.48. The first-order valence-corrected chi connectivity index (χ1v) is 8.57. The molecule has 2 aliphatic heterocycles. The van der Waals surface area contributed by atoms with Gasteiger partial charge in [-0.25, -0.2) is 0 Å². The van der Waals surface area contributed by atoms with Crippen molar-refractivity contribution >= 4 is 47.0 Å². The molecule has 0 aliphatic carbocycles. The molecule has 0 N–H and O–H groups in total. The van der Waals surface area contributed by atoms with Crippen LogP contribution >= 0.6 is 47.0 Å². The summed E-state index contributed by atoms with van der Waals surface area (Å²) in [6.45, 7) is 0. The average molecular weight is 258 g/mol. The van der Waals surface area contributed by atoms with Gasteiger partial charge in [0, 0.05) is 42.6 Å². The minimum Gasteiger partial charge on any atom is -0.124 e. The zero-order valence-corrected chi connectivity index (χ0v) is 10.9. The van der Waals surface area contributed by atoms with Crippen LogP contribution in [0.15, 0.2) is 31.7 Å². The minimum absolute atomic E-state index is 1.27. The van der Waals surface area contributed by atoms with Crippen molar-refractivity contribution in [3.63, 3.8) is 0 Å². The van der Waals surface area contributed by atoms with E-state index in [1.165, 1.54) is 32.8 Å². The molecule has 4 heteroatoms. The molecule has 2 heterocycles. The summed E-state index contributed by atoms with van der Waals surface area (Å²) in [7, 11) is 0. The van der Waals surface area contributed by atoms with Crippen LogP contribution in [-0.4, -0.2) is 23.0 Å². The summed E-state index contributed by atoms with van der Waals surface area (Å²) in [6.07, 6.45) is 0. The van der Waals surface area contributed by atoms with Crippen molar-refractivity contribution in [3.05, 3.63) is 12.1 Å². The van der Waals surface area contributed by atoms with E-state index in [4.69, 9.17) is 0 Å². The predicted molar refractivity (Wildman–Crippen MR) is 69.3 cm³/mol. The number of hydrogen-bond acceptors (Lipinski definition) is 4. The fourth-order valence-corrected chi connectivity index (χ4v) is 6.69. The first kappa shape index (κ1) is 9.82. The van der Waals surface area contributed by atoms with Gasteiger partial charge in [0.05, 0.1) is 0 Å². The van der Waals surface area contributed by atoms with Crippen molar-refractivity contribution in [2.45, 2.75) is 19.6 Å². The maximum atomic E-state index is 2.31. The topological polar surface area (TPSA) is 0 Å². The third-order valence-electron chi connectivity index (χ3n) is 2.21. The molecule has 0 spiro atoms. The zero-order chi connectivity index (χ0) is 9.38. The second-order valence-corrected chi connectivity index (χ2v) is 7.60. The van der Waals surface area contributed by atoms with Crippen LogP contribution in [0.4, 0.5) is 0 Å². The van der Waals surface area contributed by atoms with Crippen LogP contribution in [-0.2, 0) is 0 Å². The minimum atomic E-state index is 1.27. The molecule has 0 amide bonds. The van der Waals surface area contributed by atoms with Crippen LogP contribution in [0, 0.1) is 0 Å². The maximum Gasteiger partial charge on any atom is 0.0356 e. The molecule has 0 bridgehead atoms. The second kappa shape index (κ2) is 4.24. The first-order valence-electron chi connectivity index (χ1n) is 4.63. The molecule has 0 atom stereocenters. The Labute approximate surface area is 101 Å². The van der Waals surface area contributed by atoms with Gasteiger partial charge in [-0.15, -0.1) is 47.0 Å². The number of hydrogen-bond donors (Lipinski definition) is 0. The highest BCUT2D eigenvalue weighted by Gasteiger charge is 2.20. The molecule has 0 nitrogen and oxygen atoms in total. The van der Waals surface area contributed by atoms with Crippen LogP contribution < -0.4 is 0 Å². The van der Waals surface area contributed by atoms with Crippen molar-refractivity contribution in [2.75, 3.05) is 23.0 Å². The van der Waals surface area contributed by atoms with Gasteiger partial charge < -0.3 is 0 Å². The van der Waals surface area contributed by atoms with E-state index in [0.717, 1.165) is 0 Å². The fourth-order valence-electron chi connectivity index (χ4n) is 1.62. The Morgan fingerprint density at radius 1 is 0.643 bits per heavy atom. The molecule has 74 valence electrons. The zero-order valence-electron chi connectivity index (χ0n) is 7.62. The van der Waals surface area contributed by atoms with E-state index in [0.29, 0.717) is 0 Å². The summed E-state index contributed by atoms with van der Waals surface area (Å²) in [4.78, 5) is 6.15. The summed E-state index contributed by atoms with van der Waals surface area (Å²) in [6, 6.07) is 4.62. The van der Waals surface area contributed by atoms with Gasteiger partial charge in [-0.05, 0) is 12.1 Å². The van der Waals surface area contributed by atoms with E-state index in [-0.39, 0.29) is 0 Å². The van der Waals surface area contributed by atoms with E-state index >= 15 is 0 Å². The van der Waals surface area contributed by atoms with Crippen molar-refractivity contribution in [2.24, 2.45) is 0 Å². The molecule has 1 aromatic rings. The third kappa shape index (κ3) is 1.70. The van der Waals surface area contributed by atoms with Crippen LogP contribution in [0.2, 0.25) is 0 Å². The molecule has 0 radical (unpaired) electrons. The van der Waals surface area contributed by atoms with Crippen molar-refractivity contribution in [1.82, 2.24) is 0 Å². The number of fused-ring (bicyclic) bond motifs is 3. The Morgan fingerprint density at radius 2 is 1.07 bits per heavy atom. The number of thioether (sulfide) groups is 4. The predicted octanol–water partition coefficient (Wildman–Crippen LogP) is 4.08. The highest BCUT2D eigenvalue weighted by molar-refractivity contribution is 8.08. The lowest BCUT2D eigenvalue weighted by molar-refractivity contribution is 1.02. The van der Waals surface area contributed by atoms with Crippen molar-refractivity contribution in [3.8, 4) is 0 Å². The molecule has 0 saturated carbocycles. The summed E-state index contributed by atoms with van der Waals surface area (Å²) < 4.78 is 0. The van der Waals surface area contributed by atoms with Gasteiger partial charge in [-0.3, -0.25) is 0 Å². The summed E-state index contributed by atoms with van der Waals surface area (Å²) >= 11 is 8.13. The maximum absolute atomic E-state index is 2.31. The Kier molecular flexibility index (Phi) is 2.97. The Hall–Kier alpha value is 0.620. The molecule has 14 heavy (non-hydrogen) atoms. The summed E-state index contributed by atoms with van der Waals surface area (Å²) in [5.41, 5.74) is 0. The molecular formula is C10H10S4. The molecule has 0 unspecified atom stereocenters. The van der Waals surface area contributed by atoms with Crippen LogP contribution in [0.3, 0.4) is 0 Å². The van der Waals surface area contributed by atoms with Gasteiger partial charge in [0.1, 0.15) is 0 Å². The quantitative estimate of drug-likeness (QED) is 0.687. The van der Waals surface area contributed by atoms with Gasteiger partial charge in [0.25, 0.3) is 0 Å². The van der Waals surface area contributed by atoms with Gasteiger partial charge in [-0.1, -0.05) is 0 Å². The Bertz CT molecular complexity index is 326. The number of rotatable bonds is 0. The van der Waals surface area contributed by atoms with Crippen LogP contribution in [0.25, 0.3) is 0 Å². The first-order chi connectivity index (χ1) is 6.95. The normalized spacial score (nSPS) is 20.0. The average Bonchev–Trinajstić information content (AvgIpc) is 2.29. The Balaban J connectivity index is 2.12. The van der Waals surface area contributed by atoms with E-state index in [9.17, 15) is 0 Å². The fraction of sp³-hybridized carbons (Fsp3) is 0.400. The summed E-state index contributed by atoms with van der Waals surface area (Å²) in [5.74, 6) is 5.10. The monoisotopic (exact) mass is 258 g/mol. The number of benzene rings is 1. The molecular weight excluding hydrogens is 248 g/mol. The van der Waals surface area contributed by atoms with E-state index in [1.54, 1.807) is 9.79 Å². The Morgan fingerprint density at radius 3 is 1.57 bits per heavy atom. The van der Waals surface area contributed by atoms with Crippen molar-refractivity contribution in [1.29, 1.82) is 0 Å². The summed E-state index contributed by atoms with van der Waals surface area (Å²) in [5, 5.41) is 0. The highest BCUT2D eigenvalue weighted by atomic mass is 32.2. The molecule has 0 fully saturated rings. The van der Waals surface area contributed by atoms with E-state index in [2.05, 4.69) is 12.1 Å². The van der Waals surface area contributed by atoms with Crippen molar-refractivity contribution < 1.29 is 0 Å². The van der Waals surface area contributed by atoms with Gasteiger partial charge in [0.15, 0.2) is 0 Å². The van der Waals surface area contributed by atoms with Crippen LogP contribution in [0.5, 0.6) is 0 Å². The van der Waals surface area contributed by atoms with Gasteiger partial charge >= 0.3 is 0 Å². The van der Waals surface area contributed by atoms with Gasteiger partial charge in [-0.2, -0.15) is 0 Å². The molecule has 0 saturated heterocycles. The lowest BCUT2D eigenvalue weighted by Gasteiger charge is -2.23. The van der Waals surface area contributed by atoms with E-state index < -0.39 is 0 Å². The molecule has 3 rings (SSSR count). The van der Waals surface area contributed by atoms with Crippen LogP contribution in [0.1, 0.15) is 0 Å².